The number of amides is 1. The second kappa shape index (κ2) is 6.71. The smallest absolute Gasteiger partial charge is 0.254 e. The number of benzene rings is 1. The number of hydrogen-bond donors (Lipinski definition) is 0. The molecule has 104 valence electrons. The van der Waals surface area contributed by atoms with Crippen LogP contribution in [0, 0.1) is 5.82 Å². The van der Waals surface area contributed by atoms with Gasteiger partial charge in [0.15, 0.2) is 0 Å². The monoisotopic (exact) mass is 347 g/mol. The average molecular weight is 349 g/mol. The number of hydrogen-bond acceptors (Lipinski definition) is 1. The molecule has 2 nitrogen and oxygen atoms in total. The van der Waals surface area contributed by atoms with E-state index >= 15 is 0 Å². The molecule has 0 aromatic heterocycles. The molecule has 2 rings (SSSR count). The lowest BCUT2D eigenvalue weighted by molar-refractivity contribution is 0.0700. The van der Waals surface area contributed by atoms with Crippen LogP contribution in [0.3, 0.4) is 0 Å². The molecule has 0 saturated carbocycles. The van der Waals surface area contributed by atoms with E-state index in [1.54, 1.807) is 0 Å². The van der Waals surface area contributed by atoms with E-state index in [-0.39, 0.29) is 17.8 Å². The highest BCUT2D eigenvalue weighted by Crippen LogP contribution is 2.22. The molecule has 0 radical (unpaired) electrons. The molecular weight excluding hydrogens is 333 g/mol. The molecule has 1 unspecified atom stereocenters. The van der Waals surface area contributed by atoms with Gasteiger partial charge >= 0.3 is 0 Å². The normalized spacial score (nSPS) is 20.2. The Morgan fingerprint density at radius 1 is 1.42 bits per heavy atom. The van der Waals surface area contributed by atoms with Crippen LogP contribution in [0.1, 0.15) is 36.0 Å². The summed E-state index contributed by atoms with van der Waals surface area (Å²) in [5, 5.41) is 0. The third-order valence-electron chi connectivity index (χ3n) is 3.48. The van der Waals surface area contributed by atoms with Crippen LogP contribution in [0.15, 0.2) is 22.7 Å². The van der Waals surface area contributed by atoms with E-state index in [1.165, 1.54) is 18.2 Å². The molecule has 1 aromatic rings. The molecule has 1 atom stereocenters. The molecule has 1 amide bonds. The molecule has 1 fully saturated rings. The van der Waals surface area contributed by atoms with Crippen LogP contribution >= 0.6 is 27.5 Å². The minimum atomic E-state index is -0.360. The summed E-state index contributed by atoms with van der Waals surface area (Å²) in [5.74, 6) is 0.0308. The van der Waals surface area contributed by atoms with E-state index in [4.69, 9.17) is 11.6 Å². The van der Waals surface area contributed by atoms with E-state index in [0.717, 1.165) is 32.2 Å². The summed E-state index contributed by atoms with van der Waals surface area (Å²) in [6.45, 7) is 0.727. The minimum Gasteiger partial charge on any atom is -0.334 e. The van der Waals surface area contributed by atoms with Crippen molar-refractivity contribution in [3.63, 3.8) is 0 Å². The molecule has 0 bridgehead atoms. The standard InChI is InChI=1S/C14H16BrClFNO/c15-12-8-10(5-6-13(12)17)14(19)18-7-3-1-2-4-11(18)9-16/h5-6,8,11H,1-4,7,9H2. The van der Waals surface area contributed by atoms with Crippen molar-refractivity contribution in [3.8, 4) is 0 Å². The zero-order chi connectivity index (χ0) is 13.8. The van der Waals surface area contributed by atoms with Gasteiger partial charge in [0.05, 0.1) is 4.47 Å². The van der Waals surface area contributed by atoms with Gasteiger partial charge in [0.2, 0.25) is 0 Å². The highest BCUT2D eigenvalue weighted by atomic mass is 79.9. The van der Waals surface area contributed by atoms with Crippen LogP contribution in [-0.4, -0.2) is 29.3 Å². The van der Waals surface area contributed by atoms with Gasteiger partial charge in [-0.05, 0) is 47.0 Å². The van der Waals surface area contributed by atoms with E-state index < -0.39 is 0 Å². The van der Waals surface area contributed by atoms with E-state index in [2.05, 4.69) is 15.9 Å². The summed E-state index contributed by atoms with van der Waals surface area (Å²) >= 11 is 9.09. The molecule has 0 spiro atoms. The van der Waals surface area contributed by atoms with Gasteiger partial charge in [-0.15, -0.1) is 11.6 Å². The Kier molecular flexibility index (Phi) is 5.22. The largest absolute Gasteiger partial charge is 0.334 e. The Balaban J connectivity index is 2.22. The Morgan fingerprint density at radius 2 is 2.21 bits per heavy atom. The van der Waals surface area contributed by atoms with Crippen molar-refractivity contribution in [1.29, 1.82) is 0 Å². The molecule has 5 heteroatoms. The quantitative estimate of drug-likeness (QED) is 0.733. The van der Waals surface area contributed by atoms with Crippen molar-refractivity contribution in [2.75, 3.05) is 12.4 Å². The minimum absolute atomic E-state index is 0.0618. The third kappa shape index (κ3) is 3.48. The van der Waals surface area contributed by atoms with Crippen LogP contribution in [0.25, 0.3) is 0 Å². The van der Waals surface area contributed by atoms with Gasteiger partial charge in [0.25, 0.3) is 5.91 Å². The summed E-state index contributed by atoms with van der Waals surface area (Å²) < 4.78 is 13.5. The number of carbonyl (C=O) groups is 1. The lowest BCUT2D eigenvalue weighted by Crippen LogP contribution is -2.41. The second-order valence-electron chi connectivity index (χ2n) is 4.78. The van der Waals surface area contributed by atoms with Gasteiger partial charge in [-0.1, -0.05) is 12.8 Å². The van der Waals surface area contributed by atoms with Gasteiger partial charge in [0, 0.05) is 24.0 Å². The summed E-state index contributed by atoms with van der Waals surface area (Å²) in [6.07, 6.45) is 4.18. The van der Waals surface area contributed by atoms with Gasteiger partial charge in [-0.25, -0.2) is 4.39 Å². The van der Waals surface area contributed by atoms with Crippen molar-refractivity contribution in [2.24, 2.45) is 0 Å². The first-order chi connectivity index (χ1) is 9.13. The van der Waals surface area contributed by atoms with Crippen LogP contribution in [0.2, 0.25) is 0 Å². The van der Waals surface area contributed by atoms with E-state index in [0.29, 0.717) is 15.9 Å². The Morgan fingerprint density at radius 3 is 2.89 bits per heavy atom. The lowest BCUT2D eigenvalue weighted by Gasteiger charge is -2.28. The molecule has 1 saturated heterocycles. The summed E-state index contributed by atoms with van der Waals surface area (Å²) in [5.41, 5.74) is 0.505. The topological polar surface area (TPSA) is 20.3 Å². The molecule has 0 N–H and O–H groups in total. The number of carbonyl (C=O) groups excluding carboxylic acids is 1. The SMILES string of the molecule is O=C(c1ccc(F)c(Br)c1)N1CCCCCC1CCl. The van der Waals surface area contributed by atoms with E-state index in [1.807, 2.05) is 4.90 Å². The fourth-order valence-electron chi connectivity index (χ4n) is 2.40. The number of likely N-dealkylation sites (tertiary alicyclic amines) is 1. The highest BCUT2D eigenvalue weighted by molar-refractivity contribution is 9.10. The predicted octanol–water partition coefficient (Wildman–Crippen LogP) is 4.21. The number of alkyl halides is 1. The van der Waals surface area contributed by atoms with Crippen LogP contribution in [0.5, 0.6) is 0 Å². The highest BCUT2D eigenvalue weighted by Gasteiger charge is 2.25. The second-order valence-corrected chi connectivity index (χ2v) is 5.95. The fourth-order valence-corrected chi connectivity index (χ4v) is 3.10. The molecule has 0 aliphatic carbocycles. The lowest BCUT2D eigenvalue weighted by atomic mass is 10.1. The fraction of sp³-hybridized carbons (Fsp3) is 0.500. The predicted molar refractivity (Wildman–Crippen MR) is 78.1 cm³/mol. The first-order valence-electron chi connectivity index (χ1n) is 6.45. The average Bonchev–Trinajstić information content (AvgIpc) is 2.66. The van der Waals surface area contributed by atoms with Crippen molar-refractivity contribution in [3.05, 3.63) is 34.1 Å². The van der Waals surface area contributed by atoms with Gasteiger partial charge in [-0.2, -0.15) is 0 Å². The summed E-state index contributed by atoms with van der Waals surface area (Å²) in [6, 6.07) is 4.46. The van der Waals surface area contributed by atoms with Gasteiger partial charge in [-0.3, -0.25) is 4.79 Å². The van der Waals surface area contributed by atoms with Crippen molar-refractivity contribution >= 4 is 33.4 Å². The number of nitrogens with zero attached hydrogens (tertiary/aromatic N) is 1. The summed E-state index contributed by atoms with van der Waals surface area (Å²) in [7, 11) is 0. The maximum Gasteiger partial charge on any atom is 0.254 e. The first-order valence-corrected chi connectivity index (χ1v) is 7.78. The van der Waals surface area contributed by atoms with Crippen molar-refractivity contribution in [1.82, 2.24) is 4.90 Å². The first kappa shape index (κ1) is 14.8. The van der Waals surface area contributed by atoms with Gasteiger partial charge in [0.1, 0.15) is 5.82 Å². The Hall–Kier alpha value is -0.610. The van der Waals surface area contributed by atoms with Crippen molar-refractivity contribution < 1.29 is 9.18 Å². The number of rotatable bonds is 2. The third-order valence-corrected chi connectivity index (χ3v) is 4.45. The molecule has 19 heavy (non-hydrogen) atoms. The number of halogens is 3. The van der Waals surface area contributed by atoms with Gasteiger partial charge < -0.3 is 4.90 Å². The Bertz CT molecular complexity index is 469. The van der Waals surface area contributed by atoms with Crippen LogP contribution < -0.4 is 0 Å². The van der Waals surface area contributed by atoms with Crippen LogP contribution in [0.4, 0.5) is 4.39 Å². The van der Waals surface area contributed by atoms with E-state index in [9.17, 15) is 9.18 Å². The maximum atomic E-state index is 13.2. The maximum absolute atomic E-state index is 13.2. The molecule has 1 aromatic carbocycles. The molecule has 1 heterocycles. The molecule has 1 aliphatic heterocycles. The Labute approximate surface area is 126 Å². The molecular formula is C14H16BrClFNO. The zero-order valence-corrected chi connectivity index (χ0v) is 12.9. The summed E-state index contributed by atoms with van der Waals surface area (Å²) in [4.78, 5) is 14.3. The molecule has 1 aliphatic rings. The zero-order valence-electron chi connectivity index (χ0n) is 10.5. The van der Waals surface area contributed by atoms with Crippen LogP contribution in [-0.2, 0) is 0 Å². The van der Waals surface area contributed by atoms with Crippen molar-refractivity contribution in [2.45, 2.75) is 31.7 Å².